The van der Waals surface area contributed by atoms with Crippen molar-refractivity contribution in [2.24, 2.45) is 0 Å². The van der Waals surface area contributed by atoms with Crippen LogP contribution in [-0.2, 0) is 0 Å². The van der Waals surface area contributed by atoms with Crippen LogP contribution >= 0.6 is 11.6 Å². The molecule has 0 bridgehead atoms. The minimum absolute atomic E-state index is 0.0754. The van der Waals surface area contributed by atoms with Gasteiger partial charge in [-0.15, -0.1) is 11.6 Å². The summed E-state index contributed by atoms with van der Waals surface area (Å²) in [4.78, 5) is 18.8. The molecular formula is C8H10ClN3O. The number of rotatable bonds is 3. The summed E-state index contributed by atoms with van der Waals surface area (Å²) in [5.74, 6) is -0.201. The van der Waals surface area contributed by atoms with E-state index in [1.165, 1.54) is 18.7 Å². The molecule has 5 heteroatoms. The highest BCUT2D eigenvalue weighted by molar-refractivity contribution is 6.20. The Morgan fingerprint density at radius 2 is 2.23 bits per heavy atom. The summed E-state index contributed by atoms with van der Waals surface area (Å²) in [6, 6.07) is 0. The zero-order valence-corrected chi connectivity index (χ0v) is 7.95. The van der Waals surface area contributed by atoms with Gasteiger partial charge in [0, 0.05) is 24.3 Å². The molecule has 0 fully saturated rings. The summed E-state index contributed by atoms with van der Waals surface area (Å²) < 4.78 is 0. The van der Waals surface area contributed by atoms with Crippen molar-refractivity contribution >= 4 is 17.5 Å². The highest BCUT2D eigenvalue weighted by Crippen LogP contribution is 1.94. The Labute approximate surface area is 81.3 Å². The summed E-state index contributed by atoms with van der Waals surface area (Å²) in [5, 5.41) is 2.57. The van der Waals surface area contributed by atoms with Crippen LogP contribution in [0.3, 0.4) is 0 Å². The van der Waals surface area contributed by atoms with E-state index >= 15 is 0 Å². The lowest BCUT2D eigenvalue weighted by Gasteiger charge is -2.04. The van der Waals surface area contributed by atoms with Gasteiger partial charge in [-0.25, -0.2) is 9.97 Å². The van der Waals surface area contributed by atoms with Crippen LogP contribution in [-0.4, -0.2) is 27.8 Å². The Morgan fingerprint density at radius 1 is 1.62 bits per heavy atom. The molecule has 1 atom stereocenters. The van der Waals surface area contributed by atoms with Gasteiger partial charge in [0.2, 0.25) is 0 Å². The molecule has 1 rings (SSSR count). The van der Waals surface area contributed by atoms with Gasteiger partial charge in [-0.2, -0.15) is 0 Å². The van der Waals surface area contributed by atoms with Crippen molar-refractivity contribution < 1.29 is 4.79 Å². The zero-order chi connectivity index (χ0) is 9.68. The molecule has 1 aromatic rings. The third-order valence-electron chi connectivity index (χ3n) is 1.37. The lowest BCUT2D eigenvalue weighted by atomic mass is 10.3. The SMILES string of the molecule is CC(Cl)CNC(=O)c1cncnc1. The summed E-state index contributed by atoms with van der Waals surface area (Å²) in [7, 11) is 0. The van der Waals surface area contributed by atoms with Gasteiger partial charge in [-0.05, 0) is 6.92 Å². The second-order valence-corrected chi connectivity index (χ2v) is 3.36. The topological polar surface area (TPSA) is 54.9 Å². The number of nitrogens with zero attached hydrogens (tertiary/aromatic N) is 2. The van der Waals surface area contributed by atoms with E-state index in [1.807, 2.05) is 6.92 Å². The Hall–Kier alpha value is -1.16. The number of alkyl halides is 1. The lowest BCUT2D eigenvalue weighted by molar-refractivity contribution is 0.0953. The third kappa shape index (κ3) is 3.38. The lowest BCUT2D eigenvalue weighted by Crippen LogP contribution is -2.28. The monoisotopic (exact) mass is 199 g/mol. The molecule has 0 spiro atoms. The van der Waals surface area contributed by atoms with E-state index < -0.39 is 0 Å². The zero-order valence-electron chi connectivity index (χ0n) is 7.20. The number of amides is 1. The average molecular weight is 200 g/mol. The maximum atomic E-state index is 11.3. The van der Waals surface area contributed by atoms with Crippen LogP contribution in [0.5, 0.6) is 0 Å². The van der Waals surface area contributed by atoms with E-state index in [-0.39, 0.29) is 11.3 Å². The molecule has 0 aliphatic rings. The number of carbonyl (C=O) groups is 1. The van der Waals surface area contributed by atoms with Gasteiger partial charge in [0.15, 0.2) is 0 Å². The van der Waals surface area contributed by atoms with Gasteiger partial charge in [0.1, 0.15) is 6.33 Å². The minimum atomic E-state index is -0.201. The Bertz CT molecular complexity index is 276. The smallest absolute Gasteiger partial charge is 0.254 e. The number of hydrogen-bond acceptors (Lipinski definition) is 3. The van der Waals surface area contributed by atoms with Gasteiger partial charge in [0.05, 0.1) is 5.56 Å². The maximum Gasteiger partial charge on any atom is 0.254 e. The fourth-order valence-corrected chi connectivity index (χ4v) is 0.829. The highest BCUT2D eigenvalue weighted by Gasteiger charge is 2.05. The standard InChI is InChI=1S/C8H10ClN3O/c1-6(9)2-12-8(13)7-3-10-5-11-4-7/h3-6H,2H2,1H3,(H,12,13). The van der Waals surface area contributed by atoms with Crippen molar-refractivity contribution in [3.63, 3.8) is 0 Å². The predicted octanol–water partition coefficient (Wildman–Crippen LogP) is 0.834. The van der Waals surface area contributed by atoms with Crippen LogP contribution in [0, 0.1) is 0 Å². The summed E-state index contributed by atoms with van der Waals surface area (Å²) in [6.45, 7) is 2.25. The molecular weight excluding hydrogens is 190 g/mol. The molecule has 1 amide bonds. The van der Waals surface area contributed by atoms with E-state index in [9.17, 15) is 4.79 Å². The van der Waals surface area contributed by atoms with Crippen molar-refractivity contribution in [1.82, 2.24) is 15.3 Å². The van der Waals surface area contributed by atoms with Gasteiger partial charge >= 0.3 is 0 Å². The first-order chi connectivity index (χ1) is 6.20. The molecule has 13 heavy (non-hydrogen) atoms. The number of halogens is 1. The second kappa shape index (κ2) is 4.77. The molecule has 0 aliphatic heterocycles. The Morgan fingerprint density at radius 3 is 2.77 bits per heavy atom. The number of nitrogens with one attached hydrogen (secondary N) is 1. The van der Waals surface area contributed by atoms with Crippen LogP contribution in [0.1, 0.15) is 17.3 Å². The van der Waals surface area contributed by atoms with Gasteiger partial charge in [-0.1, -0.05) is 0 Å². The average Bonchev–Trinajstić information content (AvgIpc) is 2.15. The molecule has 0 aliphatic carbocycles. The van der Waals surface area contributed by atoms with E-state index in [4.69, 9.17) is 11.6 Å². The fourth-order valence-electron chi connectivity index (χ4n) is 0.752. The number of aromatic nitrogens is 2. The maximum absolute atomic E-state index is 11.3. The van der Waals surface area contributed by atoms with Gasteiger partial charge < -0.3 is 5.32 Å². The number of hydrogen-bond donors (Lipinski definition) is 1. The Balaban J connectivity index is 2.50. The summed E-state index contributed by atoms with van der Waals surface area (Å²) in [5.41, 5.74) is 0.444. The molecule has 0 saturated heterocycles. The molecule has 70 valence electrons. The van der Waals surface area contributed by atoms with Gasteiger partial charge in [-0.3, -0.25) is 4.79 Å². The normalized spacial score (nSPS) is 12.2. The van der Waals surface area contributed by atoms with Crippen molar-refractivity contribution in [2.75, 3.05) is 6.54 Å². The molecule has 0 saturated carbocycles. The minimum Gasteiger partial charge on any atom is -0.350 e. The van der Waals surface area contributed by atoms with Crippen LogP contribution < -0.4 is 5.32 Å². The first kappa shape index (κ1) is 9.92. The highest BCUT2D eigenvalue weighted by atomic mass is 35.5. The molecule has 1 unspecified atom stereocenters. The van der Waals surface area contributed by atoms with Crippen molar-refractivity contribution in [2.45, 2.75) is 12.3 Å². The van der Waals surface area contributed by atoms with Crippen molar-refractivity contribution in [3.05, 3.63) is 24.3 Å². The molecule has 1 heterocycles. The third-order valence-corrected chi connectivity index (χ3v) is 1.52. The molecule has 1 N–H and O–H groups in total. The van der Waals surface area contributed by atoms with E-state index in [1.54, 1.807) is 0 Å². The predicted molar refractivity (Wildman–Crippen MR) is 49.7 cm³/mol. The van der Waals surface area contributed by atoms with Crippen LogP contribution in [0.25, 0.3) is 0 Å². The molecule has 0 aromatic carbocycles. The number of carbonyl (C=O) groups excluding carboxylic acids is 1. The van der Waals surface area contributed by atoms with Crippen molar-refractivity contribution in [3.8, 4) is 0 Å². The Kier molecular flexibility index (Phi) is 3.64. The first-order valence-electron chi connectivity index (χ1n) is 3.87. The van der Waals surface area contributed by atoms with E-state index in [0.29, 0.717) is 12.1 Å². The first-order valence-corrected chi connectivity index (χ1v) is 4.31. The molecule has 0 radical (unpaired) electrons. The van der Waals surface area contributed by atoms with Crippen LogP contribution in [0.4, 0.5) is 0 Å². The molecule has 4 nitrogen and oxygen atoms in total. The fraction of sp³-hybridized carbons (Fsp3) is 0.375. The van der Waals surface area contributed by atoms with Crippen molar-refractivity contribution in [1.29, 1.82) is 0 Å². The largest absolute Gasteiger partial charge is 0.350 e. The van der Waals surface area contributed by atoms with Crippen LogP contribution in [0.2, 0.25) is 0 Å². The van der Waals surface area contributed by atoms with Gasteiger partial charge in [0.25, 0.3) is 5.91 Å². The summed E-state index contributed by atoms with van der Waals surface area (Å²) in [6.07, 6.45) is 4.30. The summed E-state index contributed by atoms with van der Waals surface area (Å²) >= 11 is 5.66. The second-order valence-electron chi connectivity index (χ2n) is 2.62. The van der Waals surface area contributed by atoms with E-state index in [2.05, 4.69) is 15.3 Å². The van der Waals surface area contributed by atoms with E-state index in [0.717, 1.165) is 0 Å². The quantitative estimate of drug-likeness (QED) is 0.734. The van der Waals surface area contributed by atoms with Crippen LogP contribution in [0.15, 0.2) is 18.7 Å². The molecule has 1 aromatic heterocycles.